The summed E-state index contributed by atoms with van der Waals surface area (Å²) in [6, 6.07) is 25.7. The summed E-state index contributed by atoms with van der Waals surface area (Å²) in [7, 11) is 0. The topological polar surface area (TPSA) is 52.1 Å². The third kappa shape index (κ3) is 3.65. The van der Waals surface area contributed by atoms with Gasteiger partial charge in [0.15, 0.2) is 11.5 Å². The van der Waals surface area contributed by atoms with Crippen LogP contribution in [-0.2, 0) is 0 Å². The lowest BCUT2D eigenvalue weighted by molar-refractivity contribution is 0.587. The molecule has 0 saturated heterocycles. The van der Waals surface area contributed by atoms with Gasteiger partial charge in [0.2, 0.25) is 11.8 Å². The second kappa shape index (κ2) is 7.53. The average Bonchev–Trinajstić information content (AvgIpc) is 3.46. The van der Waals surface area contributed by atoms with E-state index in [1.54, 1.807) is 12.4 Å². The van der Waals surface area contributed by atoms with E-state index in [0.29, 0.717) is 11.8 Å². The van der Waals surface area contributed by atoms with Gasteiger partial charge in [-0.25, -0.2) is 9.97 Å². The normalized spacial score (nSPS) is 10.9. The van der Waals surface area contributed by atoms with E-state index in [1.165, 1.54) is 0 Å². The SMILES string of the molecule is Brc1ccc(-c2cnc(-c3ccc(-c4ncc(-c5ccccc5)o4)cc3)o2)cc1. The first-order valence-electron chi connectivity index (χ1n) is 9.10. The van der Waals surface area contributed by atoms with E-state index in [9.17, 15) is 0 Å². The molecule has 5 rings (SSSR count). The van der Waals surface area contributed by atoms with Crippen LogP contribution in [0.5, 0.6) is 0 Å². The zero-order chi connectivity index (χ0) is 19.6. The Morgan fingerprint density at radius 3 is 1.48 bits per heavy atom. The van der Waals surface area contributed by atoms with E-state index in [4.69, 9.17) is 8.83 Å². The molecule has 3 aromatic carbocycles. The number of rotatable bonds is 4. The molecule has 0 bridgehead atoms. The van der Waals surface area contributed by atoms with Crippen molar-refractivity contribution in [1.29, 1.82) is 0 Å². The van der Waals surface area contributed by atoms with Crippen LogP contribution in [0, 0.1) is 0 Å². The average molecular weight is 443 g/mol. The molecule has 0 fully saturated rings. The molecular weight excluding hydrogens is 428 g/mol. The molecule has 5 heteroatoms. The molecule has 5 aromatic rings. The third-order valence-electron chi connectivity index (χ3n) is 4.58. The summed E-state index contributed by atoms with van der Waals surface area (Å²) < 4.78 is 12.9. The third-order valence-corrected chi connectivity index (χ3v) is 5.11. The van der Waals surface area contributed by atoms with Crippen molar-refractivity contribution >= 4 is 15.9 Å². The van der Waals surface area contributed by atoms with Crippen molar-refractivity contribution in [1.82, 2.24) is 9.97 Å². The summed E-state index contributed by atoms with van der Waals surface area (Å²) in [5.41, 5.74) is 3.78. The van der Waals surface area contributed by atoms with E-state index >= 15 is 0 Å². The molecule has 0 aliphatic heterocycles. The molecule has 0 spiro atoms. The zero-order valence-corrected chi connectivity index (χ0v) is 16.8. The highest BCUT2D eigenvalue weighted by Crippen LogP contribution is 2.30. The van der Waals surface area contributed by atoms with Crippen LogP contribution in [0.3, 0.4) is 0 Å². The molecule has 2 aromatic heterocycles. The lowest BCUT2D eigenvalue weighted by Crippen LogP contribution is -1.80. The maximum Gasteiger partial charge on any atom is 0.226 e. The van der Waals surface area contributed by atoms with E-state index in [0.717, 1.165) is 38.2 Å². The molecule has 0 radical (unpaired) electrons. The van der Waals surface area contributed by atoms with Crippen LogP contribution < -0.4 is 0 Å². The van der Waals surface area contributed by atoms with Gasteiger partial charge in [0.05, 0.1) is 12.4 Å². The Morgan fingerprint density at radius 2 is 0.966 bits per heavy atom. The van der Waals surface area contributed by atoms with Crippen molar-refractivity contribution in [3.8, 4) is 45.6 Å². The van der Waals surface area contributed by atoms with Gasteiger partial charge in [0.1, 0.15) is 0 Å². The molecule has 0 unspecified atom stereocenters. The van der Waals surface area contributed by atoms with Crippen LogP contribution in [0.2, 0.25) is 0 Å². The van der Waals surface area contributed by atoms with Crippen molar-refractivity contribution in [3.05, 3.63) is 95.7 Å². The predicted octanol–water partition coefficient (Wildman–Crippen LogP) is 7.09. The van der Waals surface area contributed by atoms with Crippen molar-refractivity contribution in [2.24, 2.45) is 0 Å². The molecule has 29 heavy (non-hydrogen) atoms. The smallest absolute Gasteiger partial charge is 0.226 e. The summed E-state index contributed by atoms with van der Waals surface area (Å²) in [5.74, 6) is 2.64. The fourth-order valence-corrected chi connectivity index (χ4v) is 3.32. The van der Waals surface area contributed by atoms with Crippen LogP contribution in [0.1, 0.15) is 0 Å². The molecule has 4 nitrogen and oxygen atoms in total. The minimum atomic E-state index is 0.576. The van der Waals surface area contributed by atoms with Crippen molar-refractivity contribution in [3.63, 3.8) is 0 Å². The molecule has 140 valence electrons. The standard InChI is InChI=1S/C24H15BrN2O2/c25-20-12-10-17(11-13-20)22-15-27-24(29-22)19-8-6-18(7-9-19)23-26-14-21(28-23)16-4-2-1-3-5-16/h1-15H. The van der Waals surface area contributed by atoms with Gasteiger partial charge in [-0.05, 0) is 36.4 Å². The fraction of sp³-hybridized carbons (Fsp3) is 0. The molecule has 2 heterocycles. The first-order valence-corrected chi connectivity index (χ1v) is 9.89. The number of oxazole rings is 2. The molecule has 0 atom stereocenters. The quantitative estimate of drug-likeness (QED) is 0.298. The number of benzene rings is 3. The summed E-state index contributed by atoms with van der Waals surface area (Å²) in [6.45, 7) is 0. The Bertz CT molecular complexity index is 1240. The second-order valence-electron chi connectivity index (χ2n) is 6.51. The summed E-state index contributed by atoms with van der Waals surface area (Å²) >= 11 is 3.44. The summed E-state index contributed by atoms with van der Waals surface area (Å²) in [5, 5.41) is 0. The Labute approximate surface area is 176 Å². The van der Waals surface area contributed by atoms with Crippen molar-refractivity contribution in [2.45, 2.75) is 0 Å². The van der Waals surface area contributed by atoms with E-state index < -0.39 is 0 Å². The van der Waals surface area contributed by atoms with Crippen LogP contribution in [-0.4, -0.2) is 9.97 Å². The Hall–Kier alpha value is -3.44. The highest BCUT2D eigenvalue weighted by Gasteiger charge is 2.11. The van der Waals surface area contributed by atoms with Crippen molar-refractivity contribution < 1.29 is 8.83 Å². The van der Waals surface area contributed by atoms with Gasteiger partial charge in [0.25, 0.3) is 0 Å². The van der Waals surface area contributed by atoms with E-state index in [2.05, 4.69) is 25.9 Å². The minimum Gasteiger partial charge on any atom is -0.436 e. The molecule has 0 saturated carbocycles. The summed E-state index contributed by atoms with van der Waals surface area (Å²) in [6.07, 6.45) is 3.49. The molecular formula is C24H15BrN2O2. The van der Waals surface area contributed by atoms with Gasteiger partial charge in [-0.1, -0.05) is 58.4 Å². The van der Waals surface area contributed by atoms with Crippen LogP contribution in [0.25, 0.3) is 45.6 Å². The minimum absolute atomic E-state index is 0.576. The first-order chi connectivity index (χ1) is 14.3. The summed E-state index contributed by atoms with van der Waals surface area (Å²) in [4.78, 5) is 8.82. The zero-order valence-electron chi connectivity index (χ0n) is 15.2. The lowest BCUT2D eigenvalue weighted by Gasteiger charge is -2.00. The van der Waals surface area contributed by atoms with Crippen LogP contribution in [0.15, 0.2) is 105 Å². The van der Waals surface area contributed by atoms with Crippen LogP contribution in [0.4, 0.5) is 0 Å². The van der Waals surface area contributed by atoms with Gasteiger partial charge in [-0.3, -0.25) is 0 Å². The monoisotopic (exact) mass is 442 g/mol. The van der Waals surface area contributed by atoms with Gasteiger partial charge in [-0.15, -0.1) is 0 Å². The Kier molecular flexibility index (Phi) is 4.58. The van der Waals surface area contributed by atoms with Gasteiger partial charge < -0.3 is 8.83 Å². The Morgan fingerprint density at radius 1 is 0.517 bits per heavy atom. The second-order valence-corrected chi connectivity index (χ2v) is 7.43. The first kappa shape index (κ1) is 17.6. The van der Waals surface area contributed by atoms with Gasteiger partial charge in [0, 0.05) is 26.7 Å². The fourth-order valence-electron chi connectivity index (χ4n) is 3.05. The van der Waals surface area contributed by atoms with Gasteiger partial charge in [-0.2, -0.15) is 0 Å². The van der Waals surface area contributed by atoms with Crippen LogP contribution >= 0.6 is 15.9 Å². The van der Waals surface area contributed by atoms with E-state index in [1.807, 2.05) is 78.9 Å². The maximum absolute atomic E-state index is 5.94. The number of hydrogen-bond donors (Lipinski definition) is 0. The highest BCUT2D eigenvalue weighted by atomic mass is 79.9. The highest BCUT2D eigenvalue weighted by molar-refractivity contribution is 9.10. The molecule has 0 aliphatic carbocycles. The number of halogens is 1. The molecule has 0 amide bonds. The molecule has 0 aliphatic rings. The Balaban J connectivity index is 1.38. The largest absolute Gasteiger partial charge is 0.436 e. The van der Waals surface area contributed by atoms with Gasteiger partial charge >= 0.3 is 0 Å². The molecule has 0 N–H and O–H groups in total. The predicted molar refractivity (Wildman–Crippen MR) is 116 cm³/mol. The maximum atomic E-state index is 5.94. The van der Waals surface area contributed by atoms with Crippen molar-refractivity contribution in [2.75, 3.05) is 0 Å². The number of nitrogens with zero attached hydrogens (tertiary/aromatic N) is 2. The lowest BCUT2D eigenvalue weighted by atomic mass is 10.1. The van der Waals surface area contributed by atoms with E-state index in [-0.39, 0.29) is 0 Å². The number of hydrogen-bond acceptors (Lipinski definition) is 4. The number of aromatic nitrogens is 2.